The summed E-state index contributed by atoms with van der Waals surface area (Å²) in [5.41, 5.74) is 6.84. The summed E-state index contributed by atoms with van der Waals surface area (Å²) < 4.78 is 12.3. The van der Waals surface area contributed by atoms with Crippen molar-refractivity contribution < 1.29 is 14.3 Å². The van der Waals surface area contributed by atoms with Gasteiger partial charge in [-0.15, -0.1) is 0 Å². The molecule has 0 radical (unpaired) electrons. The maximum Gasteiger partial charge on any atom is 0.290 e. The number of hydrogen-bond donors (Lipinski definition) is 2. The Morgan fingerprint density at radius 1 is 1.58 bits per heavy atom. The maximum absolute atomic E-state index is 12.3. The third kappa shape index (κ3) is 3.55. The Kier molecular flexibility index (Phi) is 4.45. The van der Waals surface area contributed by atoms with Crippen molar-refractivity contribution in [2.75, 3.05) is 5.73 Å². The minimum atomic E-state index is -0.250. The molecular formula is C8H10FNO2. The fourth-order valence-electron chi connectivity index (χ4n) is 0.639. The van der Waals surface area contributed by atoms with Crippen LogP contribution in [0, 0.1) is 12.7 Å². The van der Waals surface area contributed by atoms with E-state index < -0.39 is 0 Å². The average Bonchev–Trinajstić information content (AvgIpc) is 1.99. The van der Waals surface area contributed by atoms with Crippen molar-refractivity contribution in [3.63, 3.8) is 0 Å². The van der Waals surface area contributed by atoms with Crippen LogP contribution in [0.2, 0.25) is 0 Å². The van der Waals surface area contributed by atoms with E-state index in [4.69, 9.17) is 15.6 Å². The highest BCUT2D eigenvalue weighted by Gasteiger charge is 1.92. The van der Waals surface area contributed by atoms with Crippen LogP contribution in [-0.2, 0) is 4.79 Å². The van der Waals surface area contributed by atoms with E-state index in [9.17, 15) is 4.39 Å². The van der Waals surface area contributed by atoms with E-state index in [1.807, 2.05) is 0 Å². The van der Waals surface area contributed by atoms with E-state index in [1.54, 1.807) is 13.0 Å². The lowest BCUT2D eigenvalue weighted by molar-refractivity contribution is -0.122. The van der Waals surface area contributed by atoms with Gasteiger partial charge >= 0.3 is 0 Å². The Labute approximate surface area is 69.6 Å². The SMILES string of the molecule is Cc1cc(F)ccc1N.O=CO. The third-order valence-electron chi connectivity index (χ3n) is 1.23. The van der Waals surface area contributed by atoms with Gasteiger partial charge in [0, 0.05) is 5.69 Å². The molecule has 0 heterocycles. The quantitative estimate of drug-likeness (QED) is 0.458. The van der Waals surface area contributed by atoms with Gasteiger partial charge in [-0.25, -0.2) is 4.39 Å². The summed E-state index contributed by atoms with van der Waals surface area (Å²) in [7, 11) is 0. The van der Waals surface area contributed by atoms with Crippen LogP contribution in [0.4, 0.5) is 10.1 Å². The molecule has 66 valence electrons. The van der Waals surface area contributed by atoms with Crippen molar-refractivity contribution in [1.82, 2.24) is 0 Å². The lowest BCUT2D eigenvalue weighted by atomic mass is 10.2. The molecule has 1 aromatic carbocycles. The van der Waals surface area contributed by atoms with Gasteiger partial charge in [-0.2, -0.15) is 0 Å². The summed E-state index contributed by atoms with van der Waals surface area (Å²) in [6.45, 7) is 1.53. The third-order valence-corrected chi connectivity index (χ3v) is 1.23. The molecule has 1 rings (SSSR count). The highest BCUT2D eigenvalue weighted by Crippen LogP contribution is 2.10. The van der Waals surface area contributed by atoms with Crippen molar-refractivity contribution in [3.05, 3.63) is 29.6 Å². The smallest absolute Gasteiger partial charge is 0.290 e. The first kappa shape index (κ1) is 10.4. The van der Waals surface area contributed by atoms with Crippen molar-refractivity contribution in [3.8, 4) is 0 Å². The molecule has 0 saturated carbocycles. The first-order valence-electron chi connectivity index (χ1n) is 3.21. The van der Waals surface area contributed by atoms with E-state index in [1.165, 1.54) is 12.1 Å². The normalized spacial score (nSPS) is 8.17. The van der Waals surface area contributed by atoms with Gasteiger partial charge < -0.3 is 10.8 Å². The van der Waals surface area contributed by atoms with E-state index in [2.05, 4.69) is 0 Å². The highest BCUT2D eigenvalue weighted by molar-refractivity contribution is 5.45. The predicted molar refractivity (Wildman–Crippen MR) is 44.2 cm³/mol. The number of nitrogens with two attached hydrogens (primary N) is 1. The maximum atomic E-state index is 12.3. The molecule has 0 aromatic heterocycles. The topological polar surface area (TPSA) is 63.3 Å². The Bertz CT molecular complexity index is 263. The number of rotatable bonds is 0. The van der Waals surface area contributed by atoms with Crippen LogP contribution in [0.15, 0.2) is 18.2 Å². The van der Waals surface area contributed by atoms with Gasteiger partial charge in [0.05, 0.1) is 0 Å². The molecule has 0 atom stereocenters. The van der Waals surface area contributed by atoms with Crippen LogP contribution in [0.1, 0.15) is 5.56 Å². The average molecular weight is 171 g/mol. The molecular weight excluding hydrogens is 161 g/mol. The van der Waals surface area contributed by atoms with E-state index in [0.717, 1.165) is 5.56 Å². The summed E-state index contributed by atoms with van der Waals surface area (Å²) in [4.78, 5) is 8.36. The van der Waals surface area contributed by atoms with Crippen molar-refractivity contribution in [2.45, 2.75) is 6.92 Å². The molecule has 0 aliphatic rings. The molecule has 0 saturated heterocycles. The zero-order valence-electron chi connectivity index (χ0n) is 6.62. The summed E-state index contributed by atoms with van der Waals surface area (Å²) in [5, 5.41) is 6.89. The van der Waals surface area contributed by atoms with Crippen LogP contribution >= 0.6 is 0 Å². The van der Waals surface area contributed by atoms with Gasteiger partial charge in [0.15, 0.2) is 0 Å². The molecule has 3 nitrogen and oxygen atoms in total. The van der Waals surface area contributed by atoms with Crippen LogP contribution in [-0.4, -0.2) is 11.6 Å². The Hall–Kier alpha value is -1.58. The molecule has 1 aromatic rings. The number of hydrogen-bond acceptors (Lipinski definition) is 2. The monoisotopic (exact) mass is 171 g/mol. The first-order chi connectivity index (χ1) is 5.61. The van der Waals surface area contributed by atoms with Crippen LogP contribution in [0.25, 0.3) is 0 Å². The molecule has 0 fully saturated rings. The molecule has 0 bridgehead atoms. The minimum absolute atomic E-state index is 0.235. The fourth-order valence-corrected chi connectivity index (χ4v) is 0.639. The molecule has 0 unspecified atom stereocenters. The standard InChI is InChI=1S/C7H8FN.CH2O2/c1-5-4-6(8)2-3-7(5)9;2-1-3/h2-4H,9H2,1H3;1H,(H,2,3). The van der Waals surface area contributed by atoms with Crippen LogP contribution < -0.4 is 5.73 Å². The number of halogens is 1. The van der Waals surface area contributed by atoms with Gasteiger partial charge in [0.2, 0.25) is 0 Å². The van der Waals surface area contributed by atoms with E-state index in [-0.39, 0.29) is 12.3 Å². The second kappa shape index (κ2) is 5.12. The second-order valence-electron chi connectivity index (χ2n) is 2.11. The number of anilines is 1. The summed E-state index contributed by atoms with van der Waals surface area (Å²) in [6, 6.07) is 4.32. The molecule has 0 aliphatic carbocycles. The van der Waals surface area contributed by atoms with Gasteiger partial charge in [-0.1, -0.05) is 0 Å². The number of aryl methyl sites for hydroxylation is 1. The molecule has 0 amide bonds. The number of carbonyl (C=O) groups is 1. The van der Waals surface area contributed by atoms with Gasteiger partial charge in [-0.3, -0.25) is 4.79 Å². The summed E-state index contributed by atoms with van der Waals surface area (Å²) >= 11 is 0. The lowest BCUT2D eigenvalue weighted by Crippen LogP contribution is -1.88. The number of nitrogen functional groups attached to an aromatic ring is 1. The molecule has 4 heteroatoms. The Morgan fingerprint density at radius 2 is 2.08 bits per heavy atom. The van der Waals surface area contributed by atoms with Crippen molar-refractivity contribution in [1.29, 1.82) is 0 Å². The number of benzene rings is 1. The molecule has 0 spiro atoms. The zero-order valence-corrected chi connectivity index (χ0v) is 6.62. The Morgan fingerprint density at radius 3 is 2.42 bits per heavy atom. The Balaban J connectivity index is 0.000000354. The predicted octanol–water partition coefficient (Wildman–Crippen LogP) is 1.42. The van der Waals surface area contributed by atoms with E-state index >= 15 is 0 Å². The van der Waals surface area contributed by atoms with E-state index in [0.29, 0.717) is 5.69 Å². The van der Waals surface area contributed by atoms with Gasteiger partial charge in [0.1, 0.15) is 5.82 Å². The largest absolute Gasteiger partial charge is 0.483 e. The van der Waals surface area contributed by atoms with Gasteiger partial charge in [0.25, 0.3) is 6.47 Å². The molecule has 12 heavy (non-hydrogen) atoms. The summed E-state index contributed by atoms with van der Waals surface area (Å²) in [5.74, 6) is -0.235. The highest BCUT2D eigenvalue weighted by atomic mass is 19.1. The van der Waals surface area contributed by atoms with Crippen molar-refractivity contribution >= 4 is 12.2 Å². The first-order valence-corrected chi connectivity index (χ1v) is 3.21. The summed E-state index contributed by atoms with van der Waals surface area (Å²) in [6.07, 6.45) is 0. The van der Waals surface area contributed by atoms with Gasteiger partial charge in [-0.05, 0) is 30.7 Å². The van der Waals surface area contributed by atoms with Crippen LogP contribution in [0.3, 0.4) is 0 Å². The molecule has 0 aliphatic heterocycles. The minimum Gasteiger partial charge on any atom is -0.483 e. The fraction of sp³-hybridized carbons (Fsp3) is 0.125. The second-order valence-corrected chi connectivity index (χ2v) is 2.11. The van der Waals surface area contributed by atoms with Crippen molar-refractivity contribution in [2.24, 2.45) is 0 Å². The van der Waals surface area contributed by atoms with Crippen LogP contribution in [0.5, 0.6) is 0 Å². The lowest BCUT2D eigenvalue weighted by Gasteiger charge is -1.96. The number of carboxylic acid groups (broad SMARTS) is 1. The zero-order chi connectivity index (χ0) is 9.56. The molecule has 3 N–H and O–H groups in total.